The van der Waals surface area contributed by atoms with Gasteiger partial charge in [-0.15, -0.1) is 0 Å². The molecular weight excluding hydrogens is 616 g/mol. The first-order chi connectivity index (χ1) is 22.5. The highest BCUT2D eigenvalue weighted by molar-refractivity contribution is 6.72. The van der Waals surface area contributed by atoms with E-state index in [-0.39, 0.29) is 31.3 Å². The molecule has 0 bridgehead atoms. The van der Waals surface area contributed by atoms with E-state index in [0.717, 1.165) is 22.4 Å². The monoisotopic (exact) mass is 654 g/mol. The summed E-state index contributed by atoms with van der Waals surface area (Å²) in [6.07, 6.45) is 0.346. The van der Waals surface area contributed by atoms with Crippen LogP contribution in [-0.4, -0.2) is 60.6 Å². The van der Waals surface area contributed by atoms with Gasteiger partial charge in [0.1, 0.15) is 0 Å². The fourth-order valence-electron chi connectivity index (χ4n) is 8.11. The second-order valence-corrected chi connectivity index (χ2v) is 17.4. The SMILES string of the molecule is C[C@H]1[C@H]([Si](C)(C)F)[C@@H](CC(=O)N2Cc3ccccc3C[C@H]2CO)O[C@]12C(=O)Nc1ccc(N3N=C(c4ccccc4)CCC3=O)cc12. The first-order valence-corrected chi connectivity index (χ1v) is 19.2. The van der Waals surface area contributed by atoms with Crippen LogP contribution in [0.2, 0.25) is 18.6 Å². The molecule has 0 unspecified atom stereocenters. The lowest BCUT2D eigenvalue weighted by atomic mass is 9.82. The van der Waals surface area contributed by atoms with Gasteiger partial charge in [-0.25, -0.2) is 5.01 Å². The third kappa shape index (κ3) is 5.30. The Morgan fingerprint density at radius 3 is 2.51 bits per heavy atom. The van der Waals surface area contributed by atoms with Crippen LogP contribution < -0.4 is 10.3 Å². The Labute approximate surface area is 274 Å². The molecule has 4 aliphatic heterocycles. The fourth-order valence-corrected chi connectivity index (χ4v) is 10.6. The largest absolute Gasteiger partial charge is 0.394 e. The van der Waals surface area contributed by atoms with E-state index in [0.29, 0.717) is 36.3 Å². The molecule has 3 aromatic rings. The number of ether oxygens (including phenoxy) is 1. The van der Waals surface area contributed by atoms with Crippen LogP contribution in [0.1, 0.15) is 48.4 Å². The molecular formula is C36H39FN4O5Si. The van der Waals surface area contributed by atoms with Crippen LogP contribution in [0.5, 0.6) is 0 Å². The maximum atomic E-state index is 16.3. The molecule has 4 aliphatic rings. The van der Waals surface area contributed by atoms with Crippen molar-refractivity contribution in [1.82, 2.24) is 4.90 Å². The zero-order valence-electron chi connectivity index (χ0n) is 26.8. The van der Waals surface area contributed by atoms with Crippen molar-refractivity contribution in [3.05, 3.63) is 95.1 Å². The Kier molecular flexibility index (Phi) is 7.89. The Balaban J connectivity index is 1.22. The summed E-state index contributed by atoms with van der Waals surface area (Å²) in [6, 6.07) is 22.4. The number of halogens is 1. The van der Waals surface area contributed by atoms with Crippen LogP contribution in [0, 0.1) is 5.92 Å². The van der Waals surface area contributed by atoms with Gasteiger partial charge in [0.05, 0.1) is 36.6 Å². The van der Waals surface area contributed by atoms with Crippen molar-refractivity contribution < 1.29 is 28.3 Å². The molecule has 11 heteroatoms. The van der Waals surface area contributed by atoms with Crippen LogP contribution in [-0.2, 0) is 37.7 Å². The van der Waals surface area contributed by atoms with Gasteiger partial charge in [0.15, 0.2) is 5.60 Å². The first-order valence-electron chi connectivity index (χ1n) is 16.3. The summed E-state index contributed by atoms with van der Waals surface area (Å²) in [6.45, 7) is 5.17. The highest BCUT2D eigenvalue weighted by atomic mass is 28.4. The van der Waals surface area contributed by atoms with Crippen molar-refractivity contribution >= 4 is 43.2 Å². The zero-order chi connectivity index (χ0) is 33.1. The second kappa shape index (κ2) is 11.8. The molecule has 47 heavy (non-hydrogen) atoms. The number of carbonyl (C=O) groups is 3. The molecule has 3 amide bonds. The van der Waals surface area contributed by atoms with E-state index in [1.807, 2.05) is 61.5 Å². The number of anilines is 2. The molecule has 9 nitrogen and oxygen atoms in total. The second-order valence-electron chi connectivity index (χ2n) is 13.6. The van der Waals surface area contributed by atoms with Gasteiger partial charge in [0.25, 0.3) is 5.91 Å². The maximum absolute atomic E-state index is 16.3. The molecule has 0 radical (unpaired) electrons. The van der Waals surface area contributed by atoms with Crippen molar-refractivity contribution in [3.63, 3.8) is 0 Å². The van der Waals surface area contributed by atoms with Crippen molar-refractivity contribution in [2.45, 2.75) is 75.5 Å². The highest BCUT2D eigenvalue weighted by Crippen LogP contribution is 2.59. The van der Waals surface area contributed by atoms with Gasteiger partial charge in [-0.3, -0.25) is 14.4 Å². The smallest absolute Gasteiger partial charge is 0.261 e. The standard InChI is InChI=1S/C36H39FN4O5Si/c1-22-34(47(2,3)37)31(19-33(44)40-20-25-12-8-7-11-24(25)17-27(40)21-42)46-36(22)28-18-26(13-14-30(28)38-35(36)45)41-32(43)16-15-29(39-41)23-9-5-4-6-10-23/h4-14,18,22,27,31,34,42H,15-17,19-21H2,1-3H3,(H,38,45)/t22-,27-,31+,34-,36+/m0/s1. The van der Waals surface area contributed by atoms with E-state index in [2.05, 4.69) is 5.32 Å². The van der Waals surface area contributed by atoms with E-state index >= 15 is 4.11 Å². The van der Waals surface area contributed by atoms with E-state index in [4.69, 9.17) is 9.84 Å². The third-order valence-electron chi connectivity index (χ3n) is 10.3. The predicted octanol–water partition coefficient (Wildman–Crippen LogP) is 5.28. The third-order valence-corrected chi connectivity index (χ3v) is 12.8. The Bertz CT molecular complexity index is 1780. The van der Waals surface area contributed by atoms with Gasteiger partial charge in [-0.1, -0.05) is 61.5 Å². The number of hydrazone groups is 1. The zero-order valence-corrected chi connectivity index (χ0v) is 27.8. The number of hydrogen-bond donors (Lipinski definition) is 2. The molecule has 244 valence electrons. The number of aliphatic hydroxyl groups excluding tert-OH is 1. The molecule has 4 heterocycles. The number of rotatable bonds is 6. The van der Waals surface area contributed by atoms with Gasteiger partial charge in [-0.05, 0) is 54.4 Å². The summed E-state index contributed by atoms with van der Waals surface area (Å²) in [7, 11) is -3.51. The summed E-state index contributed by atoms with van der Waals surface area (Å²) in [4.78, 5) is 42.7. The molecule has 0 saturated carbocycles. The predicted molar refractivity (Wildman–Crippen MR) is 179 cm³/mol. The number of nitrogens with zero attached hydrogens (tertiary/aromatic N) is 3. The number of fused-ring (bicyclic) bond motifs is 3. The normalized spacial score (nSPS) is 27.0. The summed E-state index contributed by atoms with van der Waals surface area (Å²) in [5.41, 5.74) is 3.13. The molecule has 2 N–H and O–H groups in total. The number of nitrogens with one attached hydrogen (secondary N) is 1. The van der Waals surface area contributed by atoms with E-state index in [9.17, 15) is 19.5 Å². The lowest BCUT2D eigenvalue weighted by Crippen LogP contribution is -2.48. The van der Waals surface area contributed by atoms with Gasteiger partial charge in [0.2, 0.25) is 20.2 Å². The summed E-state index contributed by atoms with van der Waals surface area (Å²) >= 11 is 0. The number of hydrogen-bond acceptors (Lipinski definition) is 6. The summed E-state index contributed by atoms with van der Waals surface area (Å²) in [5, 5.41) is 19.2. The lowest BCUT2D eigenvalue weighted by molar-refractivity contribution is -0.149. The number of benzene rings is 3. The molecule has 5 atom stereocenters. The minimum atomic E-state index is -3.51. The van der Waals surface area contributed by atoms with Gasteiger partial charge in [0, 0.05) is 42.1 Å². The topological polar surface area (TPSA) is 112 Å². The molecule has 0 aromatic heterocycles. The van der Waals surface area contributed by atoms with E-state index < -0.39 is 43.5 Å². The van der Waals surface area contributed by atoms with Gasteiger partial charge >= 0.3 is 0 Å². The van der Waals surface area contributed by atoms with Crippen molar-refractivity contribution in [2.24, 2.45) is 11.0 Å². The Hall–Kier alpha value is -4.19. The molecule has 7 rings (SSSR count). The van der Waals surface area contributed by atoms with Crippen molar-refractivity contribution in [1.29, 1.82) is 0 Å². The average Bonchev–Trinajstić information content (AvgIpc) is 3.52. The maximum Gasteiger partial charge on any atom is 0.261 e. The van der Waals surface area contributed by atoms with Crippen LogP contribution in [0.15, 0.2) is 77.9 Å². The van der Waals surface area contributed by atoms with Crippen LogP contribution in [0.3, 0.4) is 0 Å². The van der Waals surface area contributed by atoms with Gasteiger partial charge in [-0.2, -0.15) is 5.10 Å². The van der Waals surface area contributed by atoms with E-state index in [1.165, 1.54) is 5.01 Å². The van der Waals surface area contributed by atoms with Gasteiger partial charge < -0.3 is 24.2 Å². The number of carbonyl (C=O) groups excluding carboxylic acids is 3. The van der Waals surface area contributed by atoms with Crippen LogP contribution in [0.25, 0.3) is 0 Å². The molecule has 1 saturated heterocycles. The summed E-state index contributed by atoms with van der Waals surface area (Å²) in [5.74, 6) is -1.42. The number of amides is 3. The first kappa shape index (κ1) is 31.4. The quantitative estimate of drug-likeness (QED) is 0.278. The van der Waals surface area contributed by atoms with Crippen molar-refractivity contribution in [3.8, 4) is 0 Å². The molecule has 3 aromatic carbocycles. The van der Waals surface area contributed by atoms with Crippen LogP contribution >= 0.6 is 0 Å². The molecule has 0 aliphatic carbocycles. The van der Waals surface area contributed by atoms with E-state index in [1.54, 1.807) is 36.2 Å². The lowest BCUT2D eigenvalue weighted by Gasteiger charge is -2.37. The fraction of sp³-hybridized carbons (Fsp3) is 0.389. The van der Waals surface area contributed by atoms with Crippen molar-refractivity contribution in [2.75, 3.05) is 16.9 Å². The molecule has 1 spiro atoms. The Morgan fingerprint density at radius 1 is 1.06 bits per heavy atom. The Morgan fingerprint density at radius 2 is 1.79 bits per heavy atom. The minimum Gasteiger partial charge on any atom is -0.394 e. The minimum absolute atomic E-state index is 0.118. The van der Waals surface area contributed by atoms with Crippen LogP contribution in [0.4, 0.5) is 15.5 Å². The molecule has 1 fully saturated rings. The summed E-state index contributed by atoms with van der Waals surface area (Å²) < 4.78 is 23.0. The average molecular weight is 655 g/mol. The highest BCUT2D eigenvalue weighted by Gasteiger charge is 2.65. The number of aliphatic hydroxyl groups is 1.